The van der Waals surface area contributed by atoms with E-state index in [1.165, 1.54) is 0 Å². The molecule has 0 aliphatic carbocycles. The molecule has 0 unspecified atom stereocenters. The van der Waals surface area contributed by atoms with Gasteiger partial charge in [0.1, 0.15) is 5.67 Å². The maximum atomic E-state index is 14.3. The molecule has 1 saturated heterocycles. The monoisotopic (exact) mass is 202 g/mol. The molecule has 0 amide bonds. The Morgan fingerprint density at radius 2 is 1.86 bits per heavy atom. The summed E-state index contributed by atoms with van der Waals surface area (Å²) >= 11 is 0. The van der Waals surface area contributed by atoms with Crippen molar-refractivity contribution in [2.45, 2.75) is 38.4 Å². The topological polar surface area (TPSA) is 6.48 Å². The SMILES string of the molecule is CC(C)N(C)CC1(F)CCN(C)CC1. The first-order chi connectivity index (χ1) is 6.43. The van der Waals surface area contributed by atoms with Gasteiger partial charge in [-0.2, -0.15) is 0 Å². The fourth-order valence-electron chi connectivity index (χ4n) is 1.81. The van der Waals surface area contributed by atoms with Crippen molar-refractivity contribution in [2.75, 3.05) is 33.7 Å². The zero-order chi connectivity index (χ0) is 10.8. The summed E-state index contributed by atoms with van der Waals surface area (Å²) in [7, 11) is 4.07. The number of halogens is 1. The molecule has 84 valence electrons. The summed E-state index contributed by atoms with van der Waals surface area (Å²) in [6, 6.07) is 0.433. The maximum absolute atomic E-state index is 14.3. The van der Waals surface area contributed by atoms with E-state index in [9.17, 15) is 4.39 Å². The van der Waals surface area contributed by atoms with Crippen molar-refractivity contribution in [2.24, 2.45) is 0 Å². The van der Waals surface area contributed by atoms with E-state index in [0.29, 0.717) is 25.4 Å². The van der Waals surface area contributed by atoms with E-state index in [1.807, 2.05) is 7.05 Å². The van der Waals surface area contributed by atoms with Gasteiger partial charge in [-0.1, -0.05) is 0 Å². The van der Waals surface area contributed by atoms with Gasteiger partial charge < -0.3 is 9.80 Å². The van der Waals surface area contributed by atoms with Crippen LogP contribution >= 0.6 is 0 Å². The summed E-state index contributed by atoms with van der Waals surface area (Å²) in [5.41, 5.74) is -0.953. The van der Waals surface area contributed by atoms with Crippen molar-refractivity contribution < 1.29 is 4.39 Å². The normalized spacial score (nSPS) is 23.4. The molecule has 0 saturated carbocycles. The Bertz CT molecular complexity index is 174. The van der Waals surface area contributed by atoms with E-state index in [2.05, 4.69) is 30.7 Å². The van der Waals surface area contributed by atoms with Gasteiger partial charge in [0.15, 0.2) is 0 Å². The molecule has 0 bridgehead atoms. The first-order valence-electron chi connectivity index (χ1n) is 5.51. The lowest BCUT2D eigenvalue weighted by Crippen LogP contribution is -2.47. The predicted molar refractivity (Wildman–Crippen MR) is 58.3 cm³/mol. The summed E-state index contributed by atoms with van der Waals surface area (Å²) < 4.78 is 14.3. The molecule has 0 aromatic rings. The molecule has 1 rings (SSSR count). The van der Waals surface area contributed by atoms with Crippen LogP contribution in [-0.4, -0.2) is 55.2 Å². The van der Waals surface area contributed by atoms with Gasteiger partial charge in [-0.25, -0.2) is 4.39 Å². The summed E-state index contributed by atoms with van der Waals surface area (Å²) in [5, 5.41) is 0. The summed E-state index contributed by atoms with van der Waals surface area (Å²) in [6.45, 7) is 6.58. The Balaban J connectivity index is 2.42. The molecule has 3 heteroatoms. The molecule has 1 fully saturated rings. The standard InChI is InChI=1S/C11H23FN2/c1-10(2)14(4)9-11(12)5-7-13(3)8-6-11/h10H,5-9H2,1-4H3. The van der Waals surface area contributed by atoms with Gasteiger partial charge in [-0.3, -0.25) is 0 Å². The highest BCUT2D eigenvalue weighted by atomic mass is 19.1. The Kier molecular flexibility index (Phi) is 3.90. The zero-order valence-corrected chi connectivity index (χ0v) is 9.89. The maximum Gasteiger partial charge on any atom is 0.126 e. The largest absolute Gasteiger partial charge is 0.306 e. The molecule has 0 N–H and O–H groups in total. The predicted octanol–water partition coefficient (Wildman–Crippen LogP) is 1.76. The van der Waals surface area contributed by atoms with Gasteiger partial charge in [0, 0.05) is 25.7 Å². The molecule has 0 aromatic heterocycles. The first kappa shape index (κ1) is 11.9. The molecule has 0 atom stereocenters. The Labute approximate surface area is 87.1 Å². The first-order valence-corrected chi connectivity index (χ1v) is 5.51. The van der Waals surface area contributed by atoms with E-state index in [-0.39, 0.29) is 0 Å². The van der Waals surface area contributed by atoms with Gasteiger partial charge in [0.25, 0.3) is 0 Å². The van der Waals surface area contributed by atoms with E-state index in [4.69, 9.17) is 0 Å². The van der Waals surface area contributed by atoms with Crippen LogP contribution in [0, 0.1) is 0 Å². The Morgan fingerprint density at radius 1 is 1.36 bits per heavy atom. The van der Waals surface area contributed by atoms with Crippen molar-refractivity contribution in [3.05, 3.63) is 0 Å². The average molecular weight is 202 g/mol. The van der Waals surface area contributed by atoms with Crippen LogP contribution in [0.2, 0.25) is 0 Å². The number of hydrogen-bond donors (Lipinski definition) is 0. The van der Waals surface area contributed by atoms with Gasteiger partial charge in [-0.15, -0.1) is 0 Å². The van der Waals surface area contributed by atoms with E-state index in [0.717, 1.165) is 13.1 Å². The van der Waals surface area contributed by atoms with Crippen molar-refractivity contribution >= 4 is 0 Å². The molecule has 2 nitrogen and oxygen atoms in total. The van der Waals surface area contributed by atoms with Gasteiger partial charge in [-0.05, 0) is 40.8 Å². The van der Waals surface area contributed by atoms with Crippen LogP contribution in [0.1, 0.15) is 26.7 Å². The van der Waals surface area contributed by atoms with Crippen LogP contribution < -0.4 is 0 Å². The lowest BCUT2D eigenvalue weighted by molar-refractivity contribution is 0.0312. The van der Waals surface area contributed by atoms with E-state index < -0.39 is 5.67 Å². The van der Waals surface area contributed by atoms with Crippen LogP contribution in [-0.2, 0) is 0 Å². The number of rotatable bonds is 3. The average Bonchev–Trinajstić information content (AvgIpc) is 2.10. The zero-order valence-electron chi connectivity index (χ0n) is 9.89. The second-order valence-electron chi connectivity index (χ2n) is 4.96. The third-order valence-electron chi connectivity index (χ3n) is 3.30. The molecule has 0 aromatic carbocycles. The highest BCUT2D eigenvalue weighted by molar-refractivity contribution is 4.88. The second-order valence-corrected chi connectivity index (χ2v) is 4.96. The second kappa shape index (κ2) is 4.58. The van der Waals surface area contributed by atoms with Crippen LogP contribution in [0.25, 0.3) is 0 Å². The number of hydrogen-bond acceptors (Lipinski definition) is 2. The molecule has 1 aliphatic rings. The summed E-state index contributed by atoms with van der Waals surface area (Å²) in [6.07, 6.45) is 1.36. The van der Waals surface area contributed by atoms with Gasteiger partial charge >= 0.3 is 0 Å². The quantitative estimate of drug-likeness (QED) is 0.688. The molecule has 14 heavy (non-hydrogen) atoms. The minimum atomic E-state index is -0.953. The molecule has 0 spiro atoms. The fourth-order valence-corrected chi connectivity index (χ4v) is 1.81. The smallest absolute Gasteiger partial charge is 0.126 e. The van der Waals surface area contributed by atoms with Crippen molar-refractivity contribution in [1.82, 2.24) is 9.80 Å². The lowest BCUT2D eigenvalue weighted by atomic mass is 9.93. The number of likely N-dealkylation sites (tertiary alicyclic amines) is 1. The minimum absolute atomic E-state index is 0.433. The van der Waals surface area contributed by atoms with Crippen molar-refractivity contribution in [3.8, 4) is 0 Å². The highest BCUT2D eigenvalue weighted by Gasteiger charge is 2.34. The summed E-state index contributed by atoms with van der Waals surface area (Å²) in [5.74, 6) is 0. The van der Waals surface area contributed by atoms with E-state index in [1.54, 1.807) is 0 Å². The Morgan fingerprint density at radius 3 is 2.29 bits per heavy atom. The van der Waals surface area contributed by atoms with Crippen LogP contribution in [0.15, 0.2) is 0 Å². The minimum Gasteiger partial charge on any atom is -0.306 e. The fraction of sp³-hybridized carbons (Fsp3) is 1.00. The van der Waals surface area contributed by atoms with Crippen LogP contribution in [0.3, 0.4) is 0 Å². The van der Waals surface area contributed by atoms with Gasteiger partial charge in [0.2, 0.25) is 0 Å². The molecule has 1 aliphatic heterocycles. The molecule has 1 heterocycles. The van der Waals surface area contributed by atoms with Crippen LogP contribution in [0.5, 0.6) is 0 Å². The third-order valence-corrected chi connectivity index (χ3v) is 3.30. The lowest BCUT2D eigenvalue weighted by Gasteiger charge is -2.38. The number of piperidine rings is 1. The molecular formula is C11H23FN2. The molecular weight excluding hydrogens is 179 g/mol. The van der Waals surface area contributed by atoms with E-state index >= 15 is 0 Å². The highest BCUT2D eigenvalue weighted by Crippen LogP contribution is 2.27. The number of alkyl halides is 1. The Hall–Kier alpha value is -0.150. The number of nitrogens with zero attached hydrogens (tertiary/aromatic N) is 2. The van der Waals surface area contributed by atoms with Crippen molar-refractivity contribution in [3.63, 3.8) is 0 Å². The molecule has 0 radical (unpaired) electrons. The van der Waals surface area contributed by atoms with Crippen LogP contribution in [0.4, 0.5) is 4.39 Å². The van der Waals surface area contributed by atoms with Crippen molar-refractivity contribution in [1.29, 1.82) is 0 Å². The summed E-state index contributed by atoms with van der Waals surface area (Å²) in [4.78, 5) is 4.30. The third kappa shape index (κ3) is 3.21. The van der Waals surface area contributed by atoms with Gasteiger partial charge in [0.05, 0.1) is 0 Å².